The van der Waals surface area contributed by atoms with Crippen LogP contribution in [0.5, 0.6) is 5.75 Å². The summed E-state index contributed by atoms with van der Waals surface area (Å²) in [6, 6.07) is 14.3. The molecule has 0 spiro atoms. The number of aromatic nitrogens is 2. The molecule has 41 heavy (non-hydrogen) atoms. The number of para-hydroxylation sites is 1. The number of aryl methyl sites for hydroxylation is 1. The molecule has 3 aromatic carbocycles. The Balaban J connectivity index is 1.80. The van der Waals surface area contributed by atoms with Crippen molar-refractivity contribution in [3.63, 3.8) is 0 Å². The molecule has 4 aromatic rings. The van der Waals surface area contributed by atoms with E-state index in [4.69, 9.17) is 15.9 Å². The smallest absolute Gasteiger partial charge is 0.219 e. The molecule has 210 valence electrons. The zero-order chi connectivity index (χ0) is 29.7. The van der Waals surface area contributed by atoms with Gasteiger partial charge < -0.3 is 15.8 Å². The number of ether oxygens (including phenoxy) is 1. The highest BCUT2D eigenvalue weighted by molar-refractivity contribution is 6.17. The molecule has 0 radical (unpaired) electrons. The van der Waals surface area contributed by atoms with E-state index in [1.807, 2.05) is 0 Å². The second-order valence-corrected chi connectivity index (χ2v) is 8.88. The molecular formula is C29H26F3N7O2. The van der Waals surface area contributed by atoms with Crippen LogP contribution < -0.4 is 20.7 Å². The molecule has 12 heteroatoms. The third-order valence-corrected chi connectivity index (χ3v) is 6.18. The number of amidine groups is 1. The SMILES string of the molecule is COc1ccc(C(=N)c2c(N)ncnc2NC(C)C(=Nc2ccc(F)cc2C)N(C=O)c2ccccc2)c(F)c1F. The number of hydrogen-bond donors (Lipinski definition) is 3. The molecule has 1 unspecified atom stereocenters. The van der Waals surface area contributed by atoms with Gasteiger partial charge in [-0.1, -0.05) is 18.2 Å². The molecular weight excluding hydrogens is 535 g/mol. The molecule has 0 fully saturated rings. The maximum Gasteiger partial charge on any atom is 0.219 e. The first-order valence-corrected chi connectivity index (χ1v) is 12.3. The lowest BCUT2D eigenvalue weighted by atomic mass is 10.0. The molecule has 0 aliphatic heterocycles. The van der Waals surface area contributed by atoms with Gasteiger partial charge >= 0.3 is 0 Å². The van der Waals surface area contributed by atoms with Crippen molar-refractivity contribution in [3.05, 3.63) is 101 Å². The normalized spacial score (nSPS) is 12.0. The molecule has 0 aliphatic rings. The van der Waals surface area contributed by atoms with Crippen LogP contribution in [0.3, 0.4) is 0 Å². The highest BCUT2D eigenvalue weighted by Gasteiger charge is 2.26. The van der Waals surface area contributed by atoms with Gasteiger partial charge in [-0.25, -0.2) is 23.7 Å². The number of anilines is 3. The van der Waals surface area contributed by atoms with Crippen LogP contribution >= 0.6 is 0 Å². The van der Waals surface area contributed by atoms with Crippen molar-refractivity contribution >= 4 is 41.0 Å². The summed E-state index contributed by atoms with van der Waals surface area (Å²) in [5, 5.41) is 11.7. The maximum absolute atomic E-state index is 14.9. The molecule has 1 amide bonds. The lowest BCUT2D eigenvalue weighted by Gasteiger charge is -2.26. The number of aliphatic imine (C=N–C) groups is 1. The molecule has 0 saturated carbocycles. The molecule has 0 saturated heterocycles. The zero-order valence-corrected chi connectivity index (χ0v) is 22.3. The fourth-order valence-corrected chi connectivity index (χ4v) is 4.10. The number of methoxy groups -OCH3 is 1. The van der Waals surface area contributed by atoms with E-state index in [9.17, 15) is 18.0 Å². The first kappa shape index (κ1) is 28.7. The van der Waals surface area contributed by atoms with Crippen LogP contribution in [0, 0.1) is 29.8 Å². The summed E-state index contributed by atoms with van der Waals surface area (Å²) in [7, 11) is 1.19. The molecule has 1 atom stereocenters. The number of carbonyl (C=O) groups is 1. The average molecular weight is 562 g/mol. The van der Waals surface area contributed by atoms with Crippen molar-refractivity contribution in [2.75, 3.05) is 23.1 Å². The van der Waals surface area contributed by atoms with Crippen molar-refractivity contribution in [3.8, 4) is 5.75 Å². The molecule has 0 bridgehead atoms. The van der Waals surface area contributed by atoms with Gasteiger partial charge in [-0.2, -0.15) is 4.39 Å². The first-order valence-electron chi connectivity index (χ1n) is 12.3. The van der Waals surface area contributed by atoms with Gasteiger partial charge in [0.1, 0.15) is 29.6 Å². The van der Waals surface area contributed by atoms with Crippen molar-refractivity contribution in [2.45, 2.75) is 19.9 Å². The number of nitrogens with two attached hydrogens (primary N) is 1. The third kappa shape index (κ3) is 6.01. The minimum absolute atomic E-state index is 0.00747. The first-order chi connectivity index (χ1) is 19.7. The van der Waals surface area contributed by atoms with E-state index in [2.05, 4.69) is 20.3 Å². The number of benzene rings is 3. The number of amides is 1. The van der Waals surface area contributed by atoms with Crippen LogP contribution in [-0.4, -0.2) is 41.1 Å². The Hall–Kier alpha value is -5.26. The number of hydrogen-bond acceptors (Lipinski definition) is 8. The van der Waals surface area contributed by atoms with Crippen LogP contribution in [0.15, 0.2) is 72.0 Å². The summed E-state index contributed by atoms with van der Waals surface area (Å²) >= 11 is 0. The van der Waals surface area contributed by atoms with Crippen LogP contribution in [0.4, 0.5) is 36.2 Å². The third-order valence-electron chi connectivity index (χ3n) is 6.18. The number of nitrogens with one attached hydrogen (secondary N) is 2. The predicted octanol–water partition coefficient (Wildman–Crippen LogP) is 5.40. The maximum atomic E-state index is 14.9. The van der Waals surface area contributed by atoms with E-state index in [0.29, 0.717) is 23.3 Å². The Kier molecular flexibility index (Phi) is 8.61. The van der Waals surface area contributed by atoms with E-state index in [1.54, 1.807) is 44.2 Å². The van der Waals surface area contributed by atoms with Crippen LogP contribution in [0.2, 0.25) is 0 Å². The highest BCUT2D eigenvalue weighted by atomic mass is 19.2. The summed E-state index contributed by atoms with van der Waals surface area (Å²) in [6.45, 7) is 3.36. The highest BCUT2D eigenvalue weighted by Crippen LogP contribution is 2.29. The predicted molar refractivity (Wildman–Crippen MR) is 152 cm³/mol. The summed E-state index contributed by atoms with van der Waals surface area (Å²) in [4.78, 5) is 26.4. The average Bonchev–Trinajstić information content (AvgIpc) is 2.96. The van der Waals surface area contributed by atoms with Gasteiger partial charge in [-0.3, -0.25) is 15.1 Å². The Bertz CT molecular complexity index is 1630. The van der Waals surface area contributed by atoms with Crippen molar-refractivity contribution in [2.24, 2.45) is 4.99 Å². The summed E-state index contributed by atoms with van der Waals surface area (Å²) in [6.07, 6.45) is 1.72. The number of carbonyl (C=O) groups excluding carboxylic acids is 1. The van der Waals surface area contributed by atoms with Crippen molar-refractivity contribution in [1.82, 2.24) is 9.97 Å². The fraction of sp³-hybridized carbons (Fsp3) is 0.138. The van der Waals surface area contributed by atoms with Gasteiger partial charge in [0.05, 0.1) is 30.1 Å². The number of nitrogen functional groups attached to an aromatic ring is 1. The largest absolute Gasteiger partial charge is 0.494 e. The Morgan fingerprint density at radius 2 is 1.83 bits per heavy atom. The summed E-state index contributed by atoms with van der Waals surface area (Å²) in [5.74, 6) is -3.30. The van der Waals surface area contributed by atoms with Gasteiger partial charge in [0.25, 0.3) is 0 Å². The molecule has 4 rings (SSSR count). The number of rotatable bonds is 9. The lowest BCUT2D eigenvalue weighted by Crippen LogP contribution is -2.41. The second kappa shape index (κ2) is 12.3. The summed E-state index contributed by atoms with van der Waals surface area (Å²) in [5.41, 5.74) is 6.54. The molecule has 4 N–H and O–H groups in total. The molecule has 0 aliphatic carbocycles. The van der Waals surface area contributed by atoms with Gasteiger partial charge in [0, 0.05) is 11.3 Å². The molecule has 1 heterocycles. The van der Waals surface area contributed by atoms with E-state index in [0.717, 1.165) is 6.33 Å². The van der Waals surface area contributed by atoms with Gasteiger partial charge in [0.2, 0.25) is 12.2 Å². The van der Waals surface area contributed by atoms with E-state index < -0.39 is 34.8 Å². The van der Waals surface area contributed by atoms with Crippen LogP contribution in [0.25, 0.3) is 0 Å². The topological polar surface area (TPSA) is 130 Å². The van der Waals surface area contributed by atoms with Gasteiger partial charge in [-0.15, -0.1) is 0 Å². The van der Waals surface area contributed by atoms with Gasteiger partial charge in [0.15, 0.2) is 11.6 Å². The standard InChI is InChI=1S/C29H26F3N7O2/c1-16-13-18(30)9-11-21(16)38-29(39(15-40)19-7-5-4-6-8-19)17(2)37-28-23(27(34)35-14-36-28)26(33)20-10-12-22(41-3)25(32)24(20)31/h4-15,17,33H,1-3H3,(H3,34,35,36,37). The molecule has 1 aromatic heterocycles. The lowest BCUT2D eigenvalue weighted by molar-refractivity contribution is -0.106. The Morgan fingerprint density at radius 1 is 1.10 bits per heavy atom. The fourth-order valence-electron chi connectivity index (χ4n) is 4.10. The second-order valence-electron chi connectivity index (χ2n) is 8.88. The zero-order valence-electron chi connectivity index (χ0n) is 22.3. The minimum Gasteiger partial charge on any atom is -0.494 e. The minimum atomic E-state index is -1.30. The monoisotopic (exact) mass is 561 g/mol. The van der Waals surface area contributed by atoms with Gasteiger partial charge in [-0.05, 0) is 61.9 Å². The Labute approximate surface area is 234 Å². The number of halogens is 3. The van der Waals surface area contributed by atoms with E-state index in [1.165, 1.54) is 42.3 Å². The van der Waals surface area contributed by atoms with E-state index >= 15 is 0 Å². The van der Waals surface area contributed by atoms with Crippen molar-refractivity contribution in [1.29, 1.82) is 5.41 Å². The van der Waals surface area contributed by atoms with E-state index in [-0.39, 0.29) is 28.8 Å². The summed E-state index contributed by atoms with van der Waals surface area (Å²) < 4.78 is 47.9. The number of nitrogens with zero attached hydrogens (tertiary/aromatic N) is 4. The van der Waals surface area contributed by atoms with Crippen LogP contribution in [0.1, 0.15) is 23.6 Å². The Morgan fingerprint density at radius 3 is 2.49 bits per heavy atom. The van der Waals surface area contributed by atoms with Crippen molar-refractivity contribution < 1.29 is 22.7 Å². The molecule has 9 nitrogen and oxygen atoms in total. The van der Waals surface area contributed by atoms with Crippen LogP contribution in [-0.2, 0) is 4.79 Å². The quantitative estimate of drug-likeness (QED) is 0.143.